The van der Waals surface area contributed by atoms with Gasteiger partial charge in [0.05, 0.1) is 5.69 Å². The minimum atomic E-state index is -0.456. The predicted molar refractivity (Wildman–Crippen MR) is 78.7 cm³/mol. The zero-order valence-corrected chi connectivity index (χ0v) is 11.2. The predicted octanol–water partition coefficient (Wildman–Crippen LogP) is 2.65. The third kappa shape index (κ3) is 3.06. The largest absolute Gasteiger partial charge is 0.323 e. The topological polar surface area (TPSA) is 95.6 Å². The summed E-state index contributed by atoms with van der Waals surface area (Å²) in [6.45, 7) is 0. The summed E-state index contributed by atoms with van der Waals surface area (Å²) in [6, 6.07) is 12.1. The number of urea groups is 1. The van der Waals surface area contributed by atoms with E-state index in [1.165, 1.54) is 24.3 Å². The number of carbonyl (C=O) groups is 1. The van der Waals surface area contributed by atoms with E-state index < -0.39 is 6.03 Å². The Morgan fingerprint density at radius 2 is 1.82 bits per heavy atom. The molecule has 8 heteroatoms. The molecule has 22 heavy (non-hydrogen) atoms. The van der Waals surface area contributed by atoms with Gasteiger partial charge in [0, 0.05) is 11.3 Å². The molecule has 2 aromatic carbocycles. The molecular weight excluding hydrogens is 287 g/mol. The van der Waals surface area contributed by atoms with E-state index in [1.54, 1.807) is 24.3 Å². The van der Waals surface area contributed by atoms with Gasteiger partial charge in [-0.3, -0.25) is 0 Å². The van der Waals surface area contributed by atoms with Crippen LogP contribution in [0.3, 0.4) is 0 Å². The van der Waals surface area contributed by atoms with Gasteiger partial charge in [0.15, 0.2) is 0 Å². The second kappa shape index (κ2) is 6.00. The molecule has 0 aliphatic rings. The van der Waals surface area contributed by atoms with Crippen molar-refractivity contribution in [2.45, 2.75) is 0 Å². The van der Waals surface area contributed by atoms with Gasteiger partial charge in [-0.1, -0.05) is 12.1 Å². The second-order valence-electron chi connectivity index (χ2n) is 4.37. The molecule has 0 bridgehead atoms. The molecule has 3 N–H and O–H groups in total. The van der Waals surface area contributed by atoms with Crippen molar-refractivity contribution < 1.29 is 9.18 Å². The van der Waals surface area contributed by atoms with Crippen LogP contribution in [-0.2, 0) is 0 Å². The summed E-state index contributed by atoms with van der Waals surface area (Å²) in [4.78, 5) is 12.0. The fourth-order valence-corrected chi connectivity index (χ4v) is 1.88. The number of carbonyl (C=O) groups excluding carboxylic acids is 1. The van der Waals surface area contributed by atoms with Gasteiger partial charge in [-0.05, 0) is 41.6 Å². The Kier molecular flexibility index (Phi) is 3.73. The minimum Gasteiger partial charge on any atom is -0.308 e. The molecule has 0 spiro atoms. The van der Waals surface area contributed by atoms with Gasteiger partial charge in [0.1, 0.15) is 5.82 Å². The lowest BCUT2D eigenvalue weighted by Crippen LogP contribution is -2.19. The molecule has 0 aliphatic heterocycles. The number of nitrogens with one attached hydrogen (secondary N) is 3. The lowest BCUT2D eigenvalue weighted by Gasteiger charge is -2.10. The Labute approximate surface area is 124 Å². The van der Waals surface area contributed by atoms with Crippen LogP contribution in [0.5, 0.6) is 0 Å². The zero-order valence-electron chi connectivity index (χ0n) is 11.2. The van der Waals surface area contributed by atoms with E-state index in [2.05, 4.69) is 31.3 Å². The molecule has 2 amide bonds. The van der Waals surface area contributed by atoms with Crippen molar-refractivity contribution in [1.82, 2.24) is 20.6 Å². The number of aromatic amines is 1. The molecule has 7 nitrogen and oxygen atoms in total. The summed E-state index contributed by atoms with van der Waals surface area (Å²) >= 11 is 0. The maximum atomic E-state index is 12.8. The molecule has 0 atom stereocenters. The summed E-state index contributed by atoms with van der Waals surface area (Å²) in [5, 5.41) is 18.9. The maximum absolute atomic E-state index is 12.8. The molecule has 0 saturated heterocycles. The van der Waals surface area contributed by atoms with E-state index in [-0.39, 0.29) is 5.82 Å². The lowest BCUT2D eigenvalue weighted by atomic mass is 10.1. The molecular formula is C14H11FN6O. The average Bonchev–Trinajstić information content (AvgIpc) is 3.04. The third-order valence-electron chi connectivity index (χ3n) is 2.86. The number of nitrogens with zero attached hydrogens (tertiary/aromatic N) is 3. The number of aromatic nitrogens is 4. The second-order valence-corrected chi connectivity index (χ2v) is 4.37. The van der Waals surface area contributed by atoms with Crippen LogP contribution in [0.1, 0.15) is 0 Å². The van der Waals surface area contributed by atoms with Crippen molar-refractivity contribution in [1.29, 1.82) is 0 Å². The van der Waals surface area contributed by atoms with E-state index in [0.717, 1.165) is 0 Å². The quantitative estimate of drug-likeness (QED) is 0.692. The van der Waals surface area contributed by atoms with Gasteiger partial charge >= 0.3 is 6.03 Å². The monoisotopic (exact) mass is 298 g/mol. The van der Waals surface area contributed by atoms with Gasteiger partial charge < -0.3 is 10.6 Å². The number of anilines is 2. The minimum absolute atomic E-state index is 0.367. The summed E-state index contributed by atoms with van der Waals surface area (Å²) in [7, 11) is 0. The highest BCUT2D eigenvalue weighted by molar-refractivity contribution is 6.01. The summed E-state index contributed by atoms with van der Waals surface area (Å²) in [5.41, 5.74) is 1.64. The molecule has 1 aromatic heterocycles. The van der Waals surface area contributed by atoms with Crippen LogP contribution in [0.15, 0.2) is 48.5 Å². The smallest absolute Gasteiger partial charge is 0.308 e. The first-order chi connectivity index (χ1) is 10.7. The first-order valence-electron chi connectivity index (χ1n) is 6.39. The number of halogens is 1. The Bertz CT molecular complexity index is 772. The fourth-order valence-electron chi connectivity index (χ4n) is 1.88. The van der Waals surface area contributed by atoms with Gasteiger partial charge in [0.25, 0.3) is 0 Å². The Morgan fingerprint density at radius 1 is 1.05 bits per heavy atom. The maximum Gasteiger partial charge on any atom is 0.323 e. The Balaban J connectivity index is 1.76. The van der Waals surface area contributed by atoms with Crippen LogP contribution in [0, 0.1) is 5.82 Å². The molecule has 0 aliphatic carbocycles. The van der Waals surface area contributed by atoms with Gasteiger partial charge in [-0.25, -0.2) is 9.18 Å². The van der Waals surface area contributed by atoms with Gasteiger partial charge in [0.2, 0.25) is 5.82 Å². The zero-order chi connectivity index (χ0) is 15.4. The van der Waals surface area contributed by atoms with E-state index >= 15 is 0 Å². The molecule has 0 fully saturated rings. The molecule has 3 aromatic rings. The molecule has 110 valence electrons. The molecule has 0 saturated carbocycles. The molecule has 3 rings (SSSR count). The first kappa shape index (κ1) is 13.7. The van der Waals surface area contributed by atoms with Crippen molar-refractivity contribution in [2.24, 2.45) is 0 Å². The number of amides is 2. The van der Waals surface area contributed by atoms with Crippen LogP contribution in [0.4, 0.5) is 20.6 Å². The highest BCUT2D eigenvalue weighted by Crippen LogP contribution is 2.24. The Morgan fingerprint density at radius 3 is 2.55 bits per heavy atom. The van der Waals surface area contributed by atoms with E-state index in [1.807, 2.05) is 0 Å². The van der Waals surface area contributed by atoms with Crippen molar-refractivity contribution >= 4 is 17.4 Å². The number of benzene rings is 2. The number of H-pyrrole nitrogens is 1. The Hall–Kier alpha value is -3.29. The number of tetrazole rings is 1. The summed E-state index contributed by atoms with van der Waals surface area (Å²) in [6.07, 6.45) is 0. The van der Waals surface area contributed by atoms with Gasteiger partial charge in [-0.15, -0.1) is 10.2 Å². The molecule has 0 unspecified atom stereocenters. The normalized spacial score (nSPS) is 10.2. The van der Waals surface area contributed by atoms with Gasteiger partial charge in [-0.2, -0.15) is 5.21 Å². The van der Waals surface area contributed by atoms with Crippen molar-refractivity contribution in [3.05, 3.63) is 54.3 Å². The van der Waals surface area contributed by atoms with Crippen LogP contribution in [0.25, 0.3) is 11.4 Å². The first-order valence-corrected chi connectivity index (χ1v) is 6.39. The third-order valence-corrected chi connectivity index (χ3v) is 2.86. The van der Waals surface area contributed by atoms with Crippen molar-refractivity contribution in [3.63, 3.8) is 0 Å². The van der Waals surface area contributed by atoms with E-state index in [0.29, 0.717) is 22.8 Å². The van der Waals surface area contributed by atoms with E-state index in [9.17, 15) is 9.18 Å². The average molecular weight is 298 g/mol. The summed E-state index contributed by atoms with van der Waals surface area (Å²) < 4.78 is 12.8. The number of para-hydroxylation sites is 1. The van der Waals surface area contributed by atoms with Crippen LogP contribution >= 0.6 is 0 Å². The lowest BCUT2D eigenvalue weighted by molar-refractivity contribution is 0.262. The van der Waals surface area contributed by atoms with Crippen LogP contribution in [0.2, 0.25) is 0 Å². The van der Waals surface area contributed by atoms with Crippen LogP contribution < -0.4 is 10.6 Å². The highest BCUT2D eigenvalue weighted by Gasteiger charge is 2.11. The highest BCUT2D eigenvalue weighted by atomic mass is 19.1. The molecule has 0 radical (unpaired) electrons. The summed E-state index contributed by atoms with van der Waals surface area (Å²) in [5.74, 6) is 0.00564. The van der Waals surface area contributed by atoms with Crippen LogP contribution in [-0.4, -0.2) is 26.7 Å². The van der Waals surface area contributed by atoms with Crippen molar-refractivity contribution in [2.75, 3.05) is 10.6 Å². The standard InChI is InChI=1S/C14H11FN6O/c15-9-5-7-10(8-6-9)16-14(22)17-12-4-2-1-3-11(12)13-18-20-21-19-13/h1-8H,(H2,16,17,22)(H,18,19,20,21). The number of rotatable bonds is 3. The van der Waals surface area contributed by atoms with Crippen molar-refractivity contribution in [3.8, 4) is 11.4 Å². The van der Waals surface area contributed by atoms with E-state index in [4.69, 9.17) is 0 Å². The number of hydrogen-bond donors (Lipinski definition) is 3. The fraction of sp³-hybridized carbons (Fsp3) is 0. The SMILES string of the molecule is O=C(Nc1ccc(F)cc1)Nc1ccccc1-c1nn[nH]n1. The molecule has 1 heterocycles. The number of hydrogen-bond acceptors (Lipinski definition) is 4.